The Kier molecular flexibility index (Phi) is 3.56. The van der Waals surface area contributed by atoms with Crippen LogP contribution >= 0.6 is 11.6 Å². The molecule has 0 bridgehead atoms. The third-order valence-corrected chi connectivity index (χ3v) is 3.41. The Labute approximate surface area is 130 Å². The molecule has 0 unspecified atom stereocenters. The van der Waals surface area contributed by atoms with E-state index in [4.69, 9.17) is 11.6 Å². The maximum absolute atomic E-state index is 12.2. The lowest BCUT2D eigenvalue weighted by molar-refractivity contribution is -0.111. The average Bonchev–Trinajstić information content (AvgIpc) is 2.53. The highest BCUT2D eigenvalue weighted by molar-refractivity contribution is 6.50. The smallest absolute Gasteiger partial charge is 0.255 e. The molecule has 0 saturated carbocycles. The van der Waals surface area contributed by atoms with E-state index in [-0.39, 0.29) is 17.0 Å². The first-order chi connectivity index (χ1) is 10.6. The normalized spacial score (nSPS) is 13.4. The van der Waals surface area contributed by atoms with Crippen LogP contribution < -0.4 is 5.32 Å². The Morgan fingerprint density at radius 2 is 1.82 bits per heavy atom. The van der Waals surface area contributed by atoms with Gasteiger partial charge in [0.15, 0.2) is 0 Å². The van der Waals surface area contributed by atoms with Crippen molar-refractivity contribution in [2.75, 3.05) is 0 Å². The van der Waals surface area contributed by atoms with Crippen molar-refractivity contribution in [2.45, 2.75) is 0 Å². The van der Waals surface area contributed by atoms with Crippen LogP contribution in [-0.4, -0.2) is 22.5 Å². The Morgan fingerprint density at radius 1 is 1.09 bits per heavy atom. The van der Waals surface area contributed by atoms with Crippen LogP contribution in [0.3, 0.4) is 0 Å². The van der Waals surface area contributed by atoms with Crippen LogP contribution in [0, 0.1) is 0 Å². The fourth-order valence-electron chi connectivity index (χ4n) is 2.09. The van der Waals surface area contributed by atoms with Gasteiger partial charge in [0.2, 0.25) is 11.6 Å². The number of benzene rings is 1. The second kappa shape index (κ2) is 5.54. The largest absolute Gasteiger partial charge is 0.320 e. The van der Waals surface area contributed by atoms with Gasteiger partial charge in [-0.05, 0) is 36.4 Å². The molecule has 0 spiro atoms. The highest BCUT2D eigenvalue weighted by Gasteiger charge is 2.27. The van der Waals surface area contributed by atoms with Crippen LogP contribution in [0.4, 0.5) is 0 Å². The molecule has 1 N–H and O–H groups in total. The average molecular weight is 313 g/mol. The molecular weight excluding hydrogens is 304 g/mol. The number of amides is 1. The van der Waals surface area contributed by atoms with E-state index in [2.05, 4.69) is 10.3 Å². The summed E-state index contributed by atoms with van der Waals surface area (Å²) in [6, 6.07) is 9.37. The topological polar surface area (TPSA) is 76.1 Å². The van der Waals surface area contributed by atoms with Crippen molar-refractivity contribution in [3.63, 3.8) is 0 Å². The number of aromatic nitrogens is 1. The number of ketones is 2. The number of allylic oxidation sites excluding steroid dienone is 1. The van der Waals surface area contributed by atoms with Crippen molar-refractivity contribution in [2.24, 2.45) is 0 Å². The molecule has 0 radical (unpaired) electrons. The SMILES string of the molecule is O=C1C=C(NC(=O)c2ccc(Cl)cc2)c2ncccc2C1=O. The van der Waals surface area contributed by atoms with E-state index in [9.17, 15) is 14.4 Å². The van der Waals surface area contributed by atoms with Gasteiger partial charge in [-0.2, -0.15) is 0 Å². The van der Waals surface area contributed by atoms with Gasteiger partial charge < -0.3 is 5.32 Å². The molecule has 1 aromatic carbocycles. The summed E-state index contributed by atoms with van der Waals surface area (Å²) in [7, 11) is 0. The number of nitrogens with zero attached hydrogens (tertiary/aromatic N) is 1. The maximum Gasteiger partial charge on any atom is 0.255 e. The molecule has 0 fully saturated rings. The zero-order chi connectivity index (χ0) is 15.7. The summed E-state index contributed by atoms with van der Waals surface area (Å²) in [5.74, 6) is -1.74. The zero-order valence-electron chi connectivity index (χ0n) is 11.2. The minimum Gasteiger partial charge on any atom is -0.320 e. The Balaban J connectivity index is 1.93. The number of fused-ring (bicyclic) bond motifs is 1. The van der Waals surface area contributed by atoms with E-state index < -0.39 is 17.5 Å². The lowest BCUT2D eigenvalue weighted by Crippen LogP contribution is -2.29. The van der Waals surface area contributed by atoms with E-state index in [1.807, 2.05) is 0 Å². The molecule has 2 aromatic rings. The molecule has 5 nitrogen and oxygen atoms in total. The highest BCUT2D eigenvalue weighted by Crippen LogP contribution is 2.21. The molecule has 108 valence electrons. The molecule has 6 heteroatoms. The summed E-state index contributed by atoms with van der Waals surface area (Å²) >= 11 is 5.78. The molecule has 0 aliphatic heterocycles. The standard InChI is InChI=1S/C16H9ClN2O3/c17-10-5-3-9(4-6-10)16(22)19-12-8-13(20)15(21)11-2-1-7-18-14(11)12/h1-8H,(H,19,22). The summed E-state index contributed by atoms with van der Waals surface area (Å²) < 4.78 is 0. The lowest BCUT2D eigenvalue weighted by Gasteiger charge is -2.15. The summed E-state index contributed by atoms with van der Waals surface area (Å²) in [6.45, 7) is 0. The minimum atomic E-state index is -0.688. The predicted molar refractivity (Wildman–Crippen MR) is 80.5 cm³/mol. The third-order valence-electron chi connectivity index (χ3n) is 3.16. The Hall–Kier alpha value is -2.79. The first-order valence-corrected chi connectivity index (χ1v) is 6.77. The van der Waals surface area contributed by atoms with Gasteiger partial charge in [-0.25, -0.2) is 0 Å². The Bertz CT molecular complexity index is 826. The van der Waals surface area contributed by atoms with Crippen molar-refractivity contribution in [3.05, 3.63) is 70.5 Å². The molecule has 22 heavy (non-hydrogen) atoms. The number of nitrogens with one attached hydrogen (secondary N) is 1. The van der Waals surface area contributed by atoms with Gasteiger partial charge in [0.1, 0.15) is 0 Å². The number of pyridine rings is 1. The zero-order valence-corrected chi connectivity index (χ0v) is 11.9. The number of hydrogen-bond donors (Lipinski definition) is 1. The van der Waals surface area contributed by atoms with Crippen LogP contribution in [0.15, 0.2) is 48.7 Å². The molecule has 1 aliphatic carbocycles. The molecule has 1 aliphatic rings. The third kappa shape index (κ3) is 2.54. The molecule has 1 heterocycles. The quantitative estimate of drug-likeness (QED) is 0.863. The number of Topliss-reactive ketones (excluding diaryl/α,β-unsaturated/α-hetero) is 1. The number of halogens is 1. The van der Waals surface area contributed by atoms with Gasteiger partial charge >= 0.3 is 0 Å². The van der Waals surface area contributed by atoms with Gasteiger partial charge in [-0.3, -0.25) is 19.4 Å². The summed E-state index contributed by atoms with van der Waals surface area (Å²) in [4.78, 5) is 39.8. The molecule has 0 atom stereocenters. The highest BCUT2D eigenvalue weighted by atomic mass is 35.5. The van der Waals surface area contributed by atoms with Crippen molar-refractivity contribution in [1.82, 2.24) is 10.3 Å². The number of rotatable bonds is 2. The minimum absolute atomic E-state index is 0.182. The predicted octanol–water partition coefficient (Wildman–Crippen LogP) is 2.27. The van der Waals surface area contributed by atoms with Gasteiger partial charge in [0.05, 0.1) is 17.0 Å². The van der Waals surface area contributed by atoms with Crippen LogP contribution in [0.5, 0.6) is 0 Å². The summed E-state index contributed by atoms with van der Waals surface area (Å²) in [5.41, 5.74) is 1.06. The first-order valence-electron chi connectivity index (χ1n) is 6.39. The van der Waals surface area contributed by atoms with E-state index in [1.54, 1.807) is 30.3 Å². The van der Waals surface area contributed by atoms with Gasteiger partial charge in [0, 0.05) is 22.9 Å². The molecule has 1 amide bonds. The molecule has 0 saturated heterocycles. The van der Waals surface area contributed by atoms with Crippen LogP contribution in [-0.2, 0) is 4.79 Å². The lowest BCUT2D eigenvalue weighted by atomic mass is 9.97. The number of carbonyl (C=O) groups is 3. The Morgan fingerprint density at radius 3 is 2.55 bits per heavy atom. The van der Waals surface area contributed by atoms with E-state index in [0.717, 1.165) is 6.08 Å². The van der Waals surface area contributed by atoms with Crippen LogP contribution in [0.2, 0.25) is 5.02 Å². The second-order valence-electron chi connectivity index (χ2n) is 4.61. The van der Waals surface area contributed by atoms with Gasteiger partial charge in [0.25, 0.3) is 5.91 Å². The maximum atomic E-state index is 12.2. The molecule has 1 aromatic heterocycles. The van der Waals surface area contributed by atoms with Crippen molar-refractivity contribution in [1.29, 1.82) is 0 Å². The fraction of sp³-hybridized carbons (Fsp3) is 0. The molecular formula is C16H9ClN2O3. The summed E-state index contributed by atoms with van der Waals surface area (Å²) in [6.07, 6.45) is 2.58. The second-order valence-corrected chi connectivity index (χ2v) is 5.05. The summed E-state index contributed by atoms with van der Waals surface area (Å²) in [5, 5.41) is 3.12. The van der Waals surface area contributed by atoms with Crippen molar-refractivity contribution >= 4 is 34.8 Å². The first kappa shape index (κ1) is 14.2. The van der Waals surface area contributed by atoms with E-state index in [0.29, 0.717) is 10.6 Å². The number of carbonyl (C=O) groups excluding carboxylic acids is 3. The monoisotopic (exact) mass is 312 g/mol. The van der Waals surface area contributed by atoms with Crippen molar-refractivity contribution in [3.8, 4) is 0 Å². The molecule has 3 rings (SSSR count). The van der Waals surface area contributed by atoms with E-state index >= 15 is 0 Å². The van der Waals surface area contributed by atoms with E-state index in [1.165, 1.54) is 12.3 Å². The van der Waals surface area contributed by atoms with Crippen LogP contribution in [0.25, 0.3) is 5.70 Å². The number of hydrogen-bond acceptors (Lipinski definition) is 4. The van der Waals surface area contributed by atoms with Gasteiger partial charge in [-0.15, -0.1) is 0 Å². The fourth-order valence-corrected chi connectivity index (χ4v) is 2.22. The van der Waals surface area contributed by atoms with Crippen LogP contribution in [0.1, 0.15) is 26.4 Å². The van der Waals surface area contributed by atoms with Gasteiger partial charge in [-0.1, -0.05) is 11.6 Å². The van der Waals surface area contributed by atoms with Crippen molar-refractivity contribution < 1.29 is 14.4 Å².